The van der Waals surface area contributed by atoms with Crippen LogP contribution < -0.4 is 4.74 Å². The molecule has 5 rings (SSSR count). The maximum atomic E-state index is 14.1. The summed E-state index contributed by atoms with van der Waals surface area (Å²) in [5.74, 6) is 0.382. The Morgan fingerprint density at radius 2 is 1.77 bits per heavy atom. The summed E-state index contributed by atoms with van der Waals surface area (Å²) in [4.78, 5) is 15.6. The third-order valence-corrected chi connectivity index (χ3v) is 5.74. The van der Waals surface area contributed by atoms with Crippen LogP contribution >= 0.6 is 0 Å². The Balaban J connectivity index is 1.25. The molecule has 0 saturated carbocycles. The van der Waals surface area contributed by atoms with Crippen LogP contribution in [0.2, 0.25) is 0 Å². The van der Waals surface area contributed by atoms with Crippen molar-refractivity contribution < 1.29 is 9.13 Å². The number of rotatable bonds is 6. The predicted molar refractivity (Wildman–Crippen MR) is 116 cm³/mol. The summed E-state index contributed by atoms with van der Waals surface area (Å²) in [6, 6.07) is 14.8. The highest BCUT2D eigenvalue weighted by Crippen LogP contribution is 2.26. The SMILES string of the molecule is Fc1ccccc1Cn1ccc2c(OC3CCN(Cc4ccccn4)CC3)ncnc21. The molecule has 1 aromatic carbocycles. The standard InChI is InChI=1S/C24H24FN5O/c25-22-7-2-1-5-18(22)15-30-14-10-21-23(30)27-17-28-24(21)31-20-8-12-29(13-9-20)16-19-6-3-4-11-26-19/h1-7,10-11,14,17,20H,8-9,12-13,15-16H2. The van der Waals surface area contributed by atoms with Crippen molar-refractivity contribution in [3.63, 3.8) is 0 Å². The lowest BCUT2D eigenvalue weighted by Crippen LogP contribution is -2.38. The number of likely N-dealkylation sites (tertiary alicyclic amines) is 1. The van der Waals surface area contributed by atoms with E-state index in [1.165, 1.54) is 12.4 Å². The summed E-state index contributed by atoms with van der Waals surface area (Å²) in [5.41, 5.74) is 2.47. The first-order valence-corrected chi connectivity index (χ1v) is 10.6. The number of nitrogens with zero attached hydrogens (tertiary/aromatic N) is 5. The number of hydrogen-bond donors (Lipinski definition) is 0. The van der Waals surface area contributed by atoms with E-state index in [9.17, 15) is 4.39 Å². The van der Waals surface area contributed by atoms with Gasteiger partial charge in [-0.05, 0) is 37.1 Å². The van der Waals surface area contributed by atoms with Crippen molar-refractivity contribution in [1.82, 2.24) is 24.4 Å². The number of hydrogen-bond acceptors (Lipinski definition) is 5. The molecule has 4 heterocycles. The second-order valence-electron chi connectivity index (χ2n) is 7.87. The first-order valence-electron chi connectivity index (χ1n) is 10.6. The van der Waals surface area contributed by atoms with Gasteiger partial charge in [0.25, 0.3) is 0 Å². The van der Waals surface area contributed by atoms with Crippen LogP contribution in [0.3, 0.4) is 0 Å². The minimum absolute atomic E-state index is 0.119. The summed E-state index contributed by atoms with van der Waals surface area (Å²) >= 11 is 0. The molecule has 0 amide bonds. The summed E-state index contributed by atoms with van der Waals surface area (Å²) in [7, 11) is 0. The molecule has 6 nitrogen and oxygen atoms in total. The summed E-state index contributed by atoms with van der Waals surface area (Å²) in [6.07, 6.45) is 7.26. The van der Waals surface area contributed by atoms with E-state index in [0.29, 0.717) is 18.0 Å². The van der Waals surface area contributed by atoms with Gasteiger partial charge in [-0.25, -0.2) is 14.4 Å². The van der Waals surface area contributed by atoms with Gasteiger partial charge in [0, 0.05) is 37.6 Å². The van der Waals surface area contributed by atoms with Gasteiger partial charge in [-0.2, -0.15) is 0 Å². The lowest BCUT2D eigenvalue weighted by Gasteiger charge is -2.31. The van der Waals surface area contributed by atoms with Crippen LogP contribution in [0.5, 0.6) is 5.88 Å². The quantitative estimate of drug-likeness (QED) is 0.474. The Morgan fingerprint density at radius 1 is 0.935 bits per heavy atom. The number of piperidine rings is 1. The van der Waals surface area contributed by atoms with E-state index in [1.807, 2.05) is 41.2 Å². The molecule has 0 spiro atoms. The zero-order chi connectivity index (χ0) is 21.0. The van der Waals surface area contributed by atoms with E-state index in [4.69, 9.17) is 4.74 Å². The predicted octanol–water partition coefficient (Wildman–Crippen LogP) is 4.06. The van der Waals surface area contributed by atoms with Gasteiger partial charge in [0.05, 0.1) is 17.6 Å². The summed E-state index contributed by atoms with van der Waals surface area (Å²) in [6.45, 7) is 3.20. The molecule has 4 aromatic rings. The molecule has 3 aromatic heterocycles. The van der Waals surface area contributed by atoms with E-state index in [-0.39, 0.29) is 11.9 Å². The van der Waals surface area contributed by atoms with Gasteiger partial charge in [-0.1, -0.05) is 24.3 Å². The van der Waals surface area contributed by atoms with Crippen LogP contribution in [0.4, 0.5) is 4.39 Å². The van der Waals surface area contributed by atoms with Crippen molar-refractivity contribution in [3.8, 4) is 5.88 Å². The van der Waals surface area contributed by atoms with Crippen LogP contribution in [0, 0.1) is 5.82 Å². The third kappa shape index (κ3) is 4.41. The molecule has 0 aliphatic carbocycles. The van der Waals surface area contributed by atoms with Gasteiger partial charge in [0.1, 0.15) is 23.9 Å². The molecule has 0 N–H and O–H groups in total. The van der Waals surface area contributed by atoms with Gasteiger partial charge in [-0.15, -0.1) is 0 Å². The van der Waals surface area contributed by atoms with Gasteiger partial charge >= 0.3 is 0 Å². The van der Waals surface area contributed by atoms with E-state index in [0.717, 1.165) is 49.2 Å². The molecule has 31 heavy (non-hydrogen) atoms. The summed E-state index contributed by atoms with van der Waals surface area (Å²) in [5, 5.41) is 0.856. The Labute approximate surface area is 180 Å². The average molecular weight is 417 g/mol. The number of fused-ring (bicyclic) bond motifs is 1. The maximum Gasteiger partial charge on any atom is 0.226 e. The minimum atomic E-state index is -0.215. The van der Waals surface area contributed by atoms with Crippen molar-refractivity contribution in [3.05, 3.63) is 84.3 Å². The molecule has 1 fully saturated rings. The molecular weight excluding hydrogens is 393 g/mol. The van der Waals surface area contributed by atoms with Crippen molar-refractivity contribution in [1.29, 1.82) is 0 Å². The molecule has 0 unspecified atom stereocenters. The molecular formula is C24H24FN5O. The fourth-order valence-corrected chi connectivity index (χ4v) is 4.08. The zero-order valence-corrected chi connectivity index (χ0v) is 17.2. The fraction of sp³-hybridized carbons (Fsp3) is 0.292. The monoisotopic (exact) mass is 417 g/mol. The lowest BCUT2D eigenvalue weighted by molar-refractivity contribution is 0.0938. The maximum absolute atomic E-state index is 14.1. The van der Waals surface area contributed by atoms with Crippen molar-refractivity contribution in [2.75, 3.05) is 13.1 Å². The van der Waals surface area contributed by atoms with Gasteiger partial charge in [-0.3, -0.25) is 9.88 Å². The highest BCUT2D eigenvalue weighted by molar-refractivity contribution is 5.81. The van der Waals surface area contributed by atoms with Crippen molar-refractivity contribution in [2.45, 2.75) is 32.0 Å². The fourth-order valence-electron chi connectivity index (χ4n) is 4.08. The van der Waals surface area contributed by atoms with E-state index in [1.54, 1.807) is 12.1 Å². The van der Waals surface area contributed by atoms with Crippen molar-refractivity contribution >= 4 is 11.0 Å². The number of pyridine rings is 1. The molecule has 1 saturated heterocycles. The second kappa shape index (κ2) is 8.81. The highest BCUT2D eigenvalue weighted by Gasteiger charge is 2.22. The highest BCUT2D eigenvalue weighted by atomic mass is 19.1. The van der Waals surface area contributed by atoms with E-state index < -0.39 is 0 Å². The minimum Gasteiger partial charge on any atom is -0.474 e. The largest absolute Gasteiger partial charge is 0.474 e. The third-order valence-electron chi connectivity index (χ3n) is 5.74. The topological polar surface area (TPSA) is 56.1 Å². The number of aromatic nitrogens is 4. The summed E-state index contributed by atoms with van der Waals surface area (Å²) < 4.78 is 22.3. The van der Waals surface area contributed by atoms with Crippen LogP contribution in [0.1, 0.15) is 24.1 Å². The van der Waals surface area contributed by atoms with Crippen molar-refractivity contribution in [2.24, 2.45) is 0 Å². The molecule has 0 atom stereocenters. The Hall–Kier alpha value is -3.32. The second-order valence-corrected chi connectivity index (χ2v) is 7.87. The van der Waals surface area contributed by atoms with Crippen LogP contribution in [-0.2, 0) is 13.1 Å². The molecule has 0 bridgehead atoms. The zero-order valence-electron chi connectivity index (χ0n) is 17.2. The Kier molecular flexibility index (Phi) is 5.58. The Bertz CT molecular complexity index is 1160. The van der Waals surface area contributed by atoms with Crippen LogP contribution in [-0.4, -0.2) is 43.6 Å². The lowest BCUT2D eigenvalue weighted by atomic mass is 10.1. The number of ether oxygens (including phenoxy) is 1. The van der Waals surface area contributed by atoms with Crippen LogP contribution in [0.15, 0.2) is 67.3 Å². The van der Waals surface area contributed by atoms with E-state index >= 15 is 0 Å². The van der Waals surface area contributed by atoms with Gasteiger partial charge in [0.15, 0.2) is 0 Å². The normalized spacial score (nSPS) is 15.4. The molecule has 158 valence electrons. The Morgan fingerprint density at radius 3 is 2.58 bits per heavy atom. The average Bonchev–Trinajstić information content (AvgIpc) is 3.21. The molecule has 7 heteroatoms. The first kappa shape index (κ1) is 19.6. The van der Waals surface area contributed by atoms with Gasteiger partial charge in [0.2, 0.25) is 5.88 Å². The molecule has 1 aliphatic heterocycles. The molecule has 1 aliphatic rings. The van der Waals surface area contributed by atoms with Crippen LogP contribution in [0.25, 0.3) is 11.0 Å². The number of benzene rings is 1. The smallest absolute Gasteiger partial charge is 0.226 e. The van der Waals surface area contributed by atoms with E-state index in [2.05, 4.69) is 25.9 Å². The number of halogens is 1. The molecule has 0 radical (unpaired) electrons. The van der Waals surface area contributed by atoms with Gasteiger partial charge < -0.3 is 9.30 Å². The first-order chi connectivity index (χ1) is 15.3.